The molecule has 2 aromatic heterocycles. The predicted octanol–water partition coefficient (Wildman–Crippen LogP) is -5.66. The standard InChI is InChI=1S/C64H74FN13O21/c1-3-64(96)35-18-41-56-33(25-77(41)62(94)34(35)28-97-63(64)95)55-37(10-9-32-30(2)36(65)19-39(75-56)54(32)55)76-61(93)44(27-79)98-29-72-49(84)23-71-60(92)40(17-31-7-5-4-6-8-31)74-50(85)24-69-48(83)22-70-59(91)38(73-47(82)15-16-67-51(86)26-78-52(87)13-14-53(78)88)11-12-46(81)68-21-43-58(90)57(89)42(99-43)20-45(66)80/h4-8,13-14,18-19,37-38,40,42-44,57-58,79,89-90,96H,3,9-12,15-17,20-29H2,1-2H3,(H2,66,80)(H,67,86)(H,68,81)(H,69,83)(H,70,91)(H,71,92)(H,72,84)(H,73,82)(H,74,85)(H,76,93)/t37-,38-,40-,42-,43+,44+,57-,58+,64-/m0/s1. The van der Waals surface area contributed by atoms with Crippen molar-refractivity contribution < 1.29 is 101 Å². The van der Waals surface area contributed by atoms with Crippen molar-refractivity contribution in [3.8, 4) is 11.4 Å². The van der Waals surface area contributed by atoms with Crippen molar-refractivity contribution in [3.63, 3.8) is 0 Å². The second kappa shape index (κ2) is 31.8. The molecule has 34 nitrogen and oxygen atoms in total. The zero-order chi connectivity index (χ0) is 71.6. The third-order valence-corrected chi connectivity index (χ3v) is 17.5. The highest BCUT2D eigenvalue weighted by atomic mass is 19.1. The molecule has 4 aromatic rings. The number of aliphatic hydroxyl groups excluding tert-OH is 3. The van der Waals surface area contributed by atoms with E-state index in [-0.39, 0.29) is 73.5 Å². The first-order valence-corrected chi connectivity index (χ1v) is 31.6. The summed E-state index contributed by atoms with van der Waals surface area (Å²) in [5.74, 6) is -11.4. The number of hydrogen-bond acceptors (Lipinski definition) is 22. The number of carbonyl (C=O) groups is 13. The van der Waals surface area contributed by atoms with E-state index in [9.17, 15) is 87.5 Å². The summed E-state index contributed by atoms with van der Waals surface area (Å²) in [6.07, 6.45) is -6.31. The molecule has 5 aliphatic rings. The highest BCUT2D eigenvalue weighted by Gasteiger charge is 2.47. The number of aryl methyl sites for hydroxylation is 1. The van der Waals surface area contributed by atoms with Crippen molar-refractivity contribution >= 4 is 87.8 Å². The van der Waals surface area contributed by atoms with Crippen LogP contribution in [-0.4, -0.2) is 207 Å². The van der Waals surface area contributed by atoms with Crippen LogP contribution in [0.25, 0.3) is 22.3 Å². The van der Waals surface area contributed by atoms with Crippen molar-refractivity contribution in [3.05, 3.63) is 110 Å². The fraction of sp³-hybridized carbons (Fsp3) is 0.453. The number of imide groups is 1. The minimum Gasteiger partial charge on any atom is -0.458 e. The summed E-state index contributed by atoms with van der Waals surface area (Å²) in [5.41, 5.74) is 6.05. The zero-order valence-corrected chi connectivity index (χ0v) is 53.6. The Morgan fingerprint density at radius 1 is 0.778 bits per heavy atom. The largest absolute Gasteiger partial charge is 0.458 e. The molecule has 9 atom stereocenters. The van der Waals surface area contributed by atoms with Crippen LogP contribution in [0, 0.1) is 12.7 Å². The maximum atomic E-state index is 15.5. The molecule has 15 N–H and O–H groups in total. The second-order valence-electron chi connectivity index (χ2n) is 24.0. The molecule has 4 aliphatic heterocycles. The van der Waals surface area contributed by atoms with Crippen LogP contribution in [0.5, 0.6) is 0 Å². The van der Waals surface area contributed by atoms with E-state index < -0.39 is 208 Å². The van der Waals surface area contributed by atoms with Crippen LogP contribution in [0.4, 0.5) is 4.39 Å². The zero-order valence-electron chi connectivity index (χ0n) is 53.6. The molecule has 528 valence electrons. The lowest BCUT2D eigenvalue weighted by Gasteiger charge is -2.31. The van der Waals surface area contributed by atoms with Gasteiger partial charge in [-0.1, -0.05) is 37.3 Å². The van der Waals surface area contributed by atoms with Gasteiger partial charge in [-0.2, -0.15) is 0 Å². The molecule has 6 heterocycles. The minimum absolute atomic E-state index is 0.0407. The number of cyclic esters (lactones) is 1. The summed E-state index contributed by atoms with van der Waals surface area (Å²) in [7, 11) is 0. The number of aromatic nitrogens is 2. The Morgan fingerprint density at radius 2 is 1.44 bits per heavy atom. The number of ether oxygens (including phenoxy) is 3. The Balaban J connectivity index is 0.758. The number of esters is 1. The first-order valence-electron chi connectivity index (χ1n) is 31.6. The van der Waals surface area contributed by atoms with Gasteiger partial charge in [0.2, 0.25) is 53.2 Å². The van der Waals surface area contributed by atoms with E-state index in [0.717, 1.165) is 12.2 Å². The highest BCUT2D eigenvalue weighted by molar-refractivity contribution is 6.14. The lowest BCUT2D eigenvalue weighted by Crippen LogP contribution is -2.53. The van der Waals surface area contributed by atoms with Crippen molar-refractivity contribution in [2.75, 3.05) is 52.6 Å². The lowest BCUT2D eigenvalue weighted by molar-refractivity contribution is -0.172. The molecule has 0 unspecified atom stereocenters. The molecule has 12 amide bonds. The summed E-state index contributed by atoms with van der Waals surface area (Å²) in [5, 5.41) is 65.0. The van der Waals surface area contributed by atoms with Crippen LogP contribution in [0.3, 0.4) is 0 Å². The van der Waals surface area contributed by atoms with Crippen LogP contribution in [-0.2, 0) is 108 Å². The van der Waals surface area contributed by atoms with Crippen LogP contribution in [0.15, 0.2) is 59.4 Å². The topological polar surface area (TPSA) is 503 Å². The Bertz CT molecular complexity index is 4000. The monoisotopic (exact) mass is 1380 g/mol. The van der Waals surface area contributed by atoms with Crippen molar-refractivity contribution in [1.82, 2.24) is 62.3 Å². The van der Waals surface area contributed by atoms with E-state index in [1.54, 1.807) is 44.2 Å². The van der Waals surface area contributed by atoms with E-state index in [1.807, 2.05) is 0 Å². The summed E-state index contributed by atoms with van der Waals surface area (Å²) in [6.45, 7) is -2.30. The number of pyridine rings is 2. The Hall–Kier alpha value is -10.5. The maximum Gasteiger partial charge on any atom is 0.343 e. The summed E-state index contributed by atoms with van der Waals surface area (Å²) in [6, 6.07) is 7.45. The van der Waals surface area contributed by atoms with Gasteiger partial charge in [0, 0.05) is 67.1 Å². The molecule has 1 aliphatic carbocycles. The number of aliphatic hydroxyl groups is 4. The predicted molar refractivity (Wildman–Crippen MR) is 337 cm³/mol. The third kappa shape index (κ3) is 16.9. The lowest BCUT2D eigenvalue weighted by atomic mass is 9.81. The number of benzene rings is 2. The number of amides is 12. The quantitative estimate of drug-likeness (QED) is 0.0112. The number of halogens is 1. The average molecular weight is 1380 g/mol. The molecule has 0 radical (unpaired) electrons. The number of fused-ring (bicyclic) bond motifs is 5. The molecule has 1 fully saturated rings. The maximum absolute atomic E-state index is 15.5. The molecule has 35 heteroatoms. The van der Waals surface area contributed by atoms with E-state index >= 15 is 4.39 Å². The number of nitrogens with zero attached hydrogens (tertiary/aromatic N) is 3. The molecule has 0 saturated carbocycles. The fourth-order valence-corrected chi connectivity index (χ4v) is 12.2. The Kier molecular flexibility index (Phi) is 23.4. The van der Waals surface area contributed by atoms with Gasteiger partial charge >= 0.3 is 5.97 Å². The van der Waals surface area contributed by atoms with Gasteiger partial charge in [-0.25, -0.2) is 14.2 Å². The van der Waals surface area contributed by atoms with Gasteiger partial charge in [0.25, 0.3) is 23.3 Å². The summed E-state index contributed by atoms with van der Waals surface area (Å²) >= 11 is 0. The Labute approximate surface area is 561 Å². The van der Waals surface area contributed by atoms with E-state index in [2.05, 4.69) is 47.9 Å². The highest BCUT2D eigenvalue weighted by Crippen LogP contribution is 2.46. The van der Waals surface area contributed by atoms with Gasteiger partial charge in [-0.05, 0) is 60.9 Å². The van der Waals surface area contributed by atoms with Gasteiger partial charge in [0.15, 0.2) is 11.7 Å². The number of hydrogen-bond donors (Lipinski definition) is 14. The number of carbonyl (C=O) groups excluding carboxylic acids is 13. The van der Waals surface area contributed by atoms with E-state index in [1.165, 1.54) is 16.7 Å². The van der Waals surface area contributed by atoms with Gasteiger partial charge in [-0.15, -0.1) is 0 Å². The van der Waals surface area contributed by atoms with Gasteiger partial charge in [0.1, 0.15) is 56.1 Å². The fourth-order valence-electron chi connectivity index (χ4n) is 12.2. The smallest absolute Gasteiger partial charge is 0.343 e. The first kappa shape index (κ1) is 72.8. The normalized spacial score (nSPS) is 20.3. The SMILES string of the molecule is CC[C@@]1(O)C(=O)OCc2c1cc1n(c2=O)Cc2c-1nc1cc(F)c(C)c3c1c2[C@@H](NC(=O)[C@@H](CO)OCNC(=O)CNC(=O)[C@H](Cc1ccccc1)NC(=O)CNC(=O)CNC(=O)[C@H](CCC(=O)NC[C@H]1O[C@@H](CC(N)=O)[C@H](O)[C@@H]1O)NC(=O)CCNC(=O)CN1C(=O)C=CC1=O)CC3. The summed E-state index contributed by atoms with van der Waals surface area (Å²) < 4.78 is 33.2. The van der Waals surface area contributed by atoms with Crippen molar-refractivity contribution in [1.29, 1.82) is 0 Å². The molecular formula is C64H74FN13O21. The molecule has 1 saturated heterocycles. The molecule has 9 rings (SSSR count). The second-order valence-corrected chi connectivity index (χ2v) is 24.0. The van der Waals surface area contributed by atoms with Gasteiger partial charge in [0.05, 0.1) is 73.8 Å². The number of primary amides is 1. The van der Waals surface area contributed by atoms with Crippen LogP contribution in [0.1, 0.15) is 90.4 Å². The molecule has 0 spiro atoms. The van der Waals surface area contributed by atoms with Crippen LogP contribution >= 0.6 is 0 Å². The van der Waals surface area contributed by atoms with Crippen LogP contribution in [0.2, 0.25) is 0 Å². The number of rotatable bonds is 31. The third-order valence-electron chi connectivity index (χ3n) is 17.5. The average Bonchev–Trinajstić information content (AvgIpc) is 1.61. The van der Waals surface area contributed by atoms with E-state index in [0.29, 0.717) is 44.5 Å². The Morgan fingerprint density at radius 3 is 2.13 bits per heavy atom. The minimum atomic E-state index is -2.12. The number of nitrogens with one attached hydrogen (secondary N) is 9. The number of nitrogens with two attached hydrogens (primary N) is 1. The molecular weight excluding hydrogens is 1310 g/mol. The first-order chi connectivity index (χ1) is 47.2. The summed E-state index contributed by atoms with van der Waals surface area (Å²) in [4.78, 5) is 187. The molecule has 99 heavy (non-hydrogen) atoms. The van der Waals surface area contributed by atoms with Crippen molar-refractivity contribution in [2.24, 2.45) is 5.73 Å². The van der Waals surface area contributed by atoms with Gasteiger partial charge < -0.3 is 92.8 Å². The van der Waals surface area contributed by atoms with Crippen molar-refractivity contribution in [2.45, 2.75) is 133 Å². The van der Waals surface area contributed by atoms with Crippen LogP contribution < -0.4 is 59.1 Å². The molecule has 0 bridgehead atoms. The molecule has 2 aromatic carbocycles. The van der Waals surface area contributed by atoms with Gasteiger partial charge in [-0.3, -0.25) is 67.2 Å². The van der Waals surface area contributed by atoms with E-state index in [4.69, 9.17) is 24.9 Å².